The molecule has 2 saturated carbocycles. The Balaban J connectivity index is 1.72. The maximum Gasteiger partial charge on any atom is 0.241 e. The molecule has 1 heterocycles. The van der Waals surface area contributed by atoms with Crippen LogP contribution < -0.4 is 5.32 Å². The van der Waals surface area contributed by atoms with Crippen LogP contribution in [0.2, 0.25) is 0 Å². The standard InChI is InChI=1S/C18H32N2O/c1-4-12(2)16-18(21)20(11-13(3)14-9-10-14)17(19-16)15-7-5-6-8-15/h12-17,19H,4-11H2,1-3H3. The monoisotopic (exact) mass is 292 g/mol. The molecule has 1 saturated heterocycles. The van der Waals surface area contributed by atoms with Crippen LogP contribution in [-0.4, -0.2) is 29.6 Å². The molecule has 1 amide bonds. The summed E-state index contributed by atoms with van der Waals surface area (Å²) in [5.41, 5.74) is 0. The number of nitrogens with zero attached hydrogens (tertiary/aromatic N) is 1. The zero-order valence-electron chi connectivity index (χ0n) is 14.0. The van der Waals surface area contributed by atoms with Crippen LogP contribution in [0, 0.1) is 23.7 Å². The van der Waals surface area contributed by atoms with Gasteiger partial charge in [-0.1, -0.05) is 40.0 Å². The van der Waals surface area contributed by atoms with E-state index < -0.39 is 0 Å². The molecule has 0 bridgehead atoms. The fourth-order valence-corrected chi connectivity index (χ4v) is 4.30. The minimum absolute atomic E-state index is 0.0620. The molecule has 2 aliphatic carbocycles. The highest BCUT2D eigenvalue weighted by Gasteiger charge is 2.45. The second-order valence-corrected chi connectivity index (χ2v) is 7.82. The normalized spacial score (nSPS) is 33.7. The summed E-state index contributed by atoms with van der Waals surface area (Å²) in [7, 11) is 0. The lowest BCUT2D eigenvalue weighted by molar-refractivity contribution is -0.132. The maximum atomic E-state index is 12.9. The van der Waals surface area contributed by atoms with Gasteiger partial charge in [0.1, 0.15) is 0 Å². The van der Waals surface area contributed by atoms with Gasteiger partial charge in [-0.25, -0.2) is 0 Å². The molecule has 3 aliphatic rings. The fourth-order valence-electron chi connectivity index (χ4n) is 4.30. The highest BCUT2D eigenvalue weighted by molar-refractivity contribution is 5.84. The number of hydrogen-bond donors (Lipinski definition) is 1. The van der Waals surface area contributed by atoms with Crippen molar-refractivity contribution in [3.8, 4) is 0 Å². The summed E-state index contributed by atoms with van der Waals surface area (Å²) in [5.74, 6) is 3.07. The van der Waals surface area contributed by atoms with Crippen LogP contribution in [0.15, 0.2) is 0 Å². The summed E-state index contributed by atoms with van der Waals surface area (Å²) in [5, 5.41) is 3.72. The minimum Gasteiger partial charge on any atom is -0.325 e. The highest BCUT2D eigenvalue weighted by atomic mass is 16.2. The van der Waals surface area contributed by atoms with Crippen LogP contribution in [0.3, 0.4) is 0 Å². The Morgan fingerprint density at radius 1 is 1.14 bits per heavy atom. The van der Waals surface area contributed by atoms with Gasteiger partial charge in [0.05, 0.1) is 12.2 Å². The minimum atomic E-state index is 0.0620. The summed E-state index contributed by atoms with van der Waals surface area (Å²) in [6.07, 6.45) is 9.43. The van der Waals surface area contributed by atoms with Crippen LogP contribution >= 0.6 is 0 Å². The number of hydrogen-bond acceptors (Lipinski definition) is 2. The molecule has 0 aromatic carbocycles. The number of nitrogens with one attached hydrogen (secondary N) is 1. The number of rotatable bonds is 6. The first kappa shape index (κ1) is 15.3. The lowest BCUT2D eigenvalue weighted by Crippen LogP contribution is -2.44. The number of amides is 1. The molecular formula is C18H32N2O. The first-order valence-corrected chi connectivity index (χ1v) is 9.18. The Morgan fingerprint density at radius 3 is 2.38 bits per heavy atom. The Kier molecular flexibility index (Phi) is 4.58. The Labute approximate surface area is 129 Å². The van der Waals surface area contributed by atoms with E-state index in [9.17, 15) is 4.79 Å². The largest absolute Gasteiger partial charge is 0.325 e. The zero-order valence-corrected chi connectivity index (χ0v) is 14.0. The van der Waals surface area contributed by atoms with Crippen molar-refractivity contribution >= 4 is 5.91 Å². The Hall–Kier alpha value is -0.570. The van der Waals surface area contributed by atoms with Gasteiger partial charge >= 0.3 is 0 Å². The molecule has 0 spiro atoms. The molecule has 4 atom stereocenters. The molecular weight excluding hydrogens is 260 g/mol. The van der Waals surface area contributed by atoms with Crippen molar-refractivity contribution in [2.24, 2.45) is 23.7 Å². The fraction of sp³-hybridized carbons (Fsp3) is 0.944. The molecule has 3 nitrogen and oxygen atoms in total. The van der Waals surface area contributed by atoms with E-state index in [1.165, 1.54) is 38.5 Å². The van der Waals surface area contributed by atoms with E-state index in [1.807, 2.05) is 0 Å². The van der Waals surface area contributed by atoms with Crippen LogP contribution in [-0.2, 0) is 4.79 Å². The summed E-state index contributed by atoms with van der Waals surface area (Å²) in [4.78, 5) is 15.1. The van der Waals surface area contributed by atoms with Crippen LogP contribution in [0.25, 0.3) is 0 Å². The van der Waals surface area contributed by atoms with Gasteiger partial charge in [-0.05, 0) is 49.4 Å². The predicted molar refractivity (Wildman–Crippen MR) is 85.7 cm³/mol. The van der Waals surface area contributed by atoms with E-state index in [2.05, 4.69) is 31.0 Å². The third kappa shape index (κ3) is 3.13. The van der Waals surface area contributed by atoms with Crippen molar-refractivity contribution in [1.82, 2.24) is 10.2 Å². The van der Waals surface area contributed by atoms with Crippen molar-refractivity contribution in [1.29, 1.82) is 0 Å². The van der Waals surface area contributed by atoms with Crippen LogP contribution in [0.4, 0.5) is 0 Å². The van der Waals surface area contributed by atoms with Crippen molar-refractivity contribution in [3.63, 3.8) is 0 Å². The molecule has 1 aliphatic heterocycles. The first-order valence-electron chi connectivity index (χ1n) is 9.18. The van der Waals surface area contributed by atoms with Crippen molar-refractivity contribution in [2.75, 3.05) is 6.54 Å². The summed E-state index contributed by atoms with van der Waals surface area (Å²) < 4.78 is 0. The molecule has 3 heteroatoms. The van der Waals surface area contributed by atoms with Crippen LogP contribution in [0.1, 0.15) is 65.7 Å². The van der Waals surface area contributed by atoms with Gasteiger partial charge in [-0.2, -0.15) is 0 Å². The molecule has 4 unspecified atom stereocenters. The average molecular weight is 292 g/mol. The first-order chi connectivity index (χ1) is 10.1. The smallest absolute Gasteiger partial charge is 0.241 e. The molecule has 3 rings (SSSR count). The van der Waals surface area contributed by atoms with Gasteiger partial charge in [0.15, 0.2) is 0 Å². The quantitative estimate of drug-likeness (QED) is 0.814. The van der Waals surface area contributed by atoms with E-state index >= 15 is 0 Å². The van der Waals surface area contributed by atoms with Crippen LogP contribution in [0.5, 0.6) is 0 Å². The van der Waals surface area contributed by atoms with Gasteiger partial charge in [-0.3, -0.25) is 10.1 Å². The third-order valence-corrected chi connectivity index (χ3v) is 6.21. The van der Waals surface area contributed by atoms with Crippen molar-refractivity contribution < 1.29 is 4.79 Å². The van der Waals surface area contributed by atoms with Gasteiger partial charge in [0, 0.05) is 6.54 Å². The molecule has 3 fully saturated rings. The Bertz CT molecular complexity index is 373. The van der Waals surface area contributed by atoms with Gasteiger partial charge in [-0.15, -0.1) is 0 Å². The molecule has 0 aromatic heterocycles. The van der Waals surface area contributed by atoms with Crippen molar-refractivity contribution in [2.45, 2.75) is 77.9 Å². The summed E-state index contributed by atoms with van der Waals surface area (Å²) in [6, 6.07) is 0.0620. The molecule has 21 heavy (non-hydrogen) atoms. The number of carbonyl (C=O) groups is 1. The highest BCUT2D eigenvalue weighted by Crippen LogP contribution is 2.39. The zero-order chi connectivity index (χ0) is 15.0. The lowest BCUT2D eigenvalue weighted by Gasteiger charge is -2.31. The lowest BCUT2D eigenvalue weighted by atomic mass is 9.99. The molecule has 0 aromatic rings. The average Bonchev–Trinajstić information content (AvgIpc) is 3.11. The number of carbonyl (C=O) groups excluding carboxylic acids is 1. The van der Waals surface area contributed by atoms with Crippen molar-refractivity contribution in [3.05, 3.63) is 0 Å². The second kappa shape index (κ2) is 6.28. The third-order valence-electron chi connectivity index (χ3n) is 6.21. The predicted octanol–water partition coefficient (Wildman–Crippen LogP) is 3.40. The van der Waals surface area contributed by atoms with Gasteiger partial charge in [0.2, 0.25) is 5.91 Å². The van der Waals surface area contributed by atoms with E-state index in [1.54, 1.807) is 0 Å². The van der Waals surface area contributed by atoms with E-state index in [0.717, 1.165) is 18.9 Å². The second-order valence-electron chi connectivity index (χ2n) is 7.82. The van der Waals surface area contributed by atoms with Gasteiger partial charge in [0.25, 0.3) is 0 Å². The summed E-state index contributed by atoms with van der Waals surface area (Å²) >= 11 is 0. The van der Waals surface area contributed by atoms with Gasteiger partial charge < -0.3 is 4.90 Å². The molecule has 120 valence electrons. The maximum absolute atomic E-state index is 12.9. The Morgan fingerprint density at radius 2 is 1.81 bits per heavy atom. The topological polar surface area (TPSA) is 32.3 Å². The van der Waals surface area contributed by atoms with E-state index in [0.29, 0.717) is 29.8 Å². The summed E-state index contributed by atoms with van der Waals surface area (Å²) in [6.45, 7) is 7.73. The molecule has 0 radical (unpaired) electrons. The van der Waals surface area contributed by atoms with E-state index in [-0.39, 0.29) is 6.04 Å². The molecule has 1 N–H and O–H groups in total. The SMILES string of the molecule is CCC(C)C1NC(C2CCCC2)N(CC(C)C2CC2)C1=O. The van der Waals surface area contributed by atoms with E-state index in [4.69, 9.17) is 0 Å².